The molecule has 0 fully saturated rings. The van der Waals surface area contributed by atoms with E-state index in [0.29, 0.717) is 0 Å². The maximum Gasteiger partial charge on any atom is 0.0559 e. The third-order valence-corrected chi connectivity index (χ3v) is 2.37. The molecular formula is C5H7IN2. The first-order valence-corrected chi connectivity index (χ1v) is 4.31. The Labute approximate surface area is 58.6 Å². The zero-order chi connectivity index (χ0) is 5.98. The molecule has 0 aromatic heterocycles. The van der Waals surface area contributed by atoms with Gasteiger partial charge in [0.15, 0.2) is 0 Å². The van der Waals surface area contributed by atoms with Gasteiger partial charge >= 0.3 is 0 Å². The standard InChI is InChI=1S/C5H7IN2/c1-4-2-5(7)3-8-6-4/h2-3H,7H2,1H3. The molecule has 44 valence electrons. The maximum atomic E-state index is 5.43. The molecule has 0 aromatic carbocycles. The molecule has 0 aromatic rings. The summed E-state index contributed by atoms with van der Waals surface area (Å²) in [6, 6.07) is 0. The van der Waals surface area contributed by atoms with Crippen LogP contribution in [0.2, 0.25) is 0 Å². The van der Waals surface area contributed by atoms with Crippen LogP contribution in [0.1, 0.15) is 6.92 Å². The Kier molecular flexibility index (Phi) is 1.77. The van der Waals surface area contributed by atoms with Gasteiger partial charge in [-0.3, -0.25) is 0 Å². The molecule has 2 nitrogen and oxygen atoms in total. The molecule has 0 spiro atoms. The van der Waals surface area contributed by atoms with Gasteiger partial charge in [0.25, 0.3) is 0 Å². The third-order valence-electron chi connectivity index (χ3n) is 0.746. The van der Waals surface area contributed by atoms with Crippen molar-refractivity contribution in [3.8, 4) is 0 Å². The lowest BCUT2D eigenvalue weighted by molar-refractivity contribution is 1.37. The van der Waals surface area contributed by atoms with Crippen LogP contribution in [0.25, 0.3) is 0 Å². The first-order valence-electron chi connectivity index (χ1n) is 2.27. The van der Waals surface area contributed by atoms with Gasteiger partial charge in [-0.2, -0.15) is 0 Å². The Hall–Kier alpha value is -0.190. The molecule has 0 bridgehead atoms. The number of halogens is 1. The van der Waals surface area contributed by atoms with E-state index in [2.05, 4.69) is 10.1 Å². The Morgan fingerprint density at radius 3 is 2.88 bits per heavy atom. The minimum absolute atomic E-state index is 0.0455. The van der Waals surface area contributed by atoms with E-state index >= 15 is 0 Å². The molecule has 3 heteroatoms. The highest BCUT2D eigenvalue weighted by Crippen LogP contribution is 2.20. The summed E-state index contributed by atoms with van der Waals surface area (Å²) in [4.78, 5) is 0. The molecule has 1 heterocycles. The molecule has 0 unspecified atom stereocenters. The number of rotatable bonds is 0. The lowest BCUT2D eigenvalue weighted by Gasteiger charge is -1.95. The summed E-state index contributed by atoms with van der Waals surface area (Å²) in [5, 5.41) is 0. The predicted octanol–water partition coefficient (Wildman–Crippen LogP) is 1.86. The monoisotopic (exact) mass is 222 g/mol. The van der Waals surface area contributed by atoms with E-state index in [1.165, 1.54) is 3.58 Å². The van der Waals surface area contributed by atoms with Crippen LogP contribution in [-0.4, -0.2) is 0 Å². The molecule has 0 saturated heterocycles. The van der Waals surface area contributed by atoms with Crippen LogP contribution < -0.4 is 5.73 Å². The van der Waals surface area contributed by atoms with Crippen molar-refractivity contribution in [2.24, 2.45) is 8.88 Å². The Bertz CT molecular complexity index is 176. The third kappa shape index (κ3) is 1.40. The van der Waals surface area contributed by atoms with Crippen molar-refractivity contribution in [1.29, 1.82) is 0 Å². The van der Waals surface area contributed by atoms with Crippen molar-refractivity contribution in [3.05, 3.63) is 21.6 Å². The lowest BCUT2D eigenvalue weighted by Crippen LogP contribution is -1.92. The van der Waals surface area contributed by atoms with Crippen molar-refractivity contribution in [2.75, 3.05) is 0 Å². The maximum absolute atomic E-state index is 5.43. The molecule has 8 heavy (non-hydrogen) atoms. The van der Waals surface area contributed by atoms with Crippen LogP contribution in [0.4, 0.5) is 0 Å². The van der Waals surface area contributed by atoms with Crippen LogP contribution in [0.15, 0.2) is 24.7 Å². The van der Waals surface area contributed by atoms with E-state index in [4.69, 9.17) is 5.73 Å². The fourth-order valence-electron chi connectivity index (χ4n) is 0.449. The number of allylic oxidation sites excluding steroid dienone is 2. The van der Waals surface area contributed by atoms with Crippen molar-refractivity contribution < 1.29 is 0 Å². The van der Waals surface area contributed by atoms with Crippen molar-refractivity contribution in [3.63, 3.8) is 0 Å². The summed E-state index contributed by atoms with van der Waals surface area (Å²) >= 11 is -0.0455. The molecule has 0 atom stereocenters. The number of nitrogens with zero attached hydrogens (tertiary/aromatic N) is 1. The van der Waals surface area contributed by atoms with Crippen molar-refractivity contribution >= 4 is 21.0 Å². The van der Waals surface area contributed by atoms with E-state index in [1.807, 2.05) is 6.08 Å². The molecule has 0 aliphatic carbocycles. The smallest absolute Gasteiger partial charge is 0.0559 e. The van der Waals surface area contributed by atoms with Gasteiger partial charge < -0.3 is 5.73 Å². The van der Waals surface area contributed by atoms with E-state index in [0.717, 1.165) is 5.70 Å². The Morgan fingerprint density at radius 2 is 2.50 bits per heavy atom. The number of hydrogen-bond donors (Lipinski definition) is 1. The van der Waals surface area contributed by atoms with Crippen LogP contribution >= 0.6 is 21.0 Å². The highest BCUT2D eigenvalue weighted by Gasteiger charge is 1.90. The largest absolute Gasteiger partial charge is 0.397 e. The van der Waals surface area contributed by atoms with E-state index in [1.54, 1.807) is 6.20 Å². The average molecular weight is 222 g/mol. The minimum atomic E-state index is -0.0455. The fraction of sp³-hybridized carbons (Fsp3) is 0.200. The molecule has 0 amide bonds. The lowest BCUT2D eigenvalue weighted by atomic mass is 10.4. The summed E-state index contributed by atoms with van der Waals surface area (Å²) in [5.41, 5.74) is 6.22. The highest BCUT2D eigenvalue weighted by atomic mass is 127. The summed E-state index contributed by atoms with van der Waals surface area (Å²) in [7, 11) is 0. The minimum Gasteiger partial charge on any atom is -0.397 e. The second-order valence-corrected chi connectivity index (χ2v) is 4.28. The zero-order valence-electron chi connectivity index (χ0n) is 4.56. The van der Waals surface area contributed by atoms with Gasteiger partial charge in [0.1, 0.15) is 0 Å². The van der Waals surface area contributed by atoms with Crippen molar-refractivity contribution in [1.82, 2.24) is 0 Å². The van der Waals surface area contributed by atoms with E-state index in [9.17, 15) is 0 Å². The fourth-order valence-corrected chi connectivity index (χ4v) is 1.85. The molecule has 1 rings (SSSR count). The molecule has 1 aliphatic rings. The topological polar surface area (TPSA) is 38.4 Å². The average Bonchev–Trinajstić information content (AvgIpc) is 1.64. The quantitative estimate of drug-likeness (QED) is 0.624. The molecule has 0 saturated carbocycles. The van der Waals surface area contributed by atoms with Gasteiger partial charge in [-0.05, 0) is 13.0 Å². The first-order chi connectivity index (χ1) is 3.79. The van der Waals surface area contributed by atoms with Crippen LogP contribution in [0.3, 0.4) is 0 Å². The van der Waals surface area contributed by atoms with Gasteiger partial charge in [0, 0.05) is 24.6 Å². The Balaban J connectivity index is 2.89. The first kappa shape index (κ1) is 5.94. The molecule has 0 radical (unpaired) electrons. The van der Waals surface area contributed by atoms with Gasteiger partial charge in [-0.15, -0.1) is 0 Å². The van der Waals surface area contributed by atoms with E-state index in [-0.39, 0.29) is 21.0 Å². The zero-order valence-corrected chi connectivity index (χ0v) is 6.71. The molecular weight excluding hydrogens is 215 g/mol. The van der Waals surface area contributed by atoms with Crippen LogP contribution in [0.5, 0.6) is 0 Å². The van der Waals surface area contributed by atoms with Gasteiger partial charge in [0.2, 0.25) is 0 Å². The number of nitrogens with two attached hydrogens (primary N) is 1. The Morgan fingerprint density at radius 1 is 1.75 bits per heavy atom. The summed E-state index contributed by atoms with van der Waals surface area (Å²) < 4.78 is 5.43. The van der Waals surface area contributed by atoms with Gasteiger partial charge in [-0.1, -0.05) is 0 Å². The normalized spacial score (nSPS) is 18.6. The highest BCUT2D eigenvalue weighted by molar-refractivity contribution is 14.2. The van der Waals surface area contributed by atoms with Crippen LogP contribution in [-0.2, 0) is 0 Å². The van der Waals surface area contributed by atoms with Gasteiger partial charge in [0.05, 0.1) is 11.9 Å². The second-order valence-electron chi connectivity index (χ2n) is 1.54. The van der Waals surface area contributed by atoms with E-state index < -0.39 is 0 Å². The summed E-state index contributed by atoms with van der Waals surface area (Å²) in [6.07, 6.45) is 3.72. The second kappa shape index (κ2) is 2.39. The van der Waals surface area contributed by atoms with Gasteiger partial charge in [-0.25, -0.2) is 3.15 Å². The SMILES string of the molecule is CC1=CC(N)=CN=I1. The number of hydrogen-bond acceptors (Lipinski definition) is 2. The summed E-state index contributed by atoms with van der Waals surface area (Å²) in [6.45, 7) is 2.07. The molecule has 1 aliphatic heterocycles. The van der Waals surface area contributed by atoms with Crippen molar-refractivity contribution in [2.45, 2.75) is 6.92 Å². The summed E-state index contributed by atoms with van der Waals surface area (Å²) in [5.74, 6) is 0. The van der Waals surface area contributed by atoms with Crippen LogP contribution in [0, 0.1) is 0 Å². The molecule has 2 N–H and O–H groups in total. The predicted molar refractivity (Wildman–Crippen MR) is 42.5 cm³/mol.